The van der Waals surface area contributed by atoms with E-state index >= 15 is 0 Å². The molecule has 0 aliphatic carbocycles. The molecule has 5 nitrogen and oxygen atoms in total. The van der Waals surface area contributed by atoms with Crippen LogP contribution in [0.15, 0.2) is 18.2 Å². The third kappa shape index (κ3) is 3.22. The highest BCUT2D eigenvalue weighted by atomic mass is 16.5. The number of nitrogens with two attached hydrogens (primary N) is 1. The molecule has 110 valence electrons. The first-order valence-electron chi connectivity index (χ1n) is 7.01. The van der Waals surface area contributed by atoms with Gasteiger partial charge in [-0.2, -0.15) is 0 Å². The summed E-state index contributed by atoms with van der Waals surface area (Å²) in [6.45, 7) is 2.74. The molecule has 1 saturated heterocycles. The summed E-state index contributed by atoms with van der Waals surface area (Å²) in [5.41, 5.74) is 8.38. The van der Waals surface area contributed by atoms with E-state index in [1.54, 1.807) is 20.2 Å². The summed E-state index contributed by atoms with van der Waals surface area (Å²) < 4.78 is 5.25. The van der Waals surface area contributed by atoms with E-state index in [1.807, 2.05) is 12.1 Å². The van der Waals surface area contributed by atoms with Crippen molar-refractivity contribution in [2.45, 2.75) is 12.8 Å². The molecule has 0 radical (unpaired) electrons. The zero-order valence-electron chi connectivity index (χ0n) is 12.2. The number of nitrogens with one attached hydrogen (secondary N) is 1. The molecule has 20 heavy (non-hydrogen) atoms. The Bertz CT molecular complexity index is 474. The van der Waals surface area contributed by atoms with Gasteiger partial charge in [0.1, 0.15) is 0 Å². The second-order valence-electron chi connectivity index (χ2n) is 5.26. The number of hydrogen-bond donors (Lipinski definition) is 2. The molecule has 1 unspecified atom stereocenters. The average molecular weight is 277 g/mol. The zero-order chi connectivity index (χ0) is 14.5. The van der Waals surface area contributed by atoms with Gasteiger partial charge >= 0.3 is 0 Å². The number of ether oxygens (including phenoxy) is 1. The summed E-state index contributed by atoms with van der Waals surface area (Å²) in [6.07, 6.45) is 2.34. The van der Waals surface area contributed by atoms with Crippen molar-refractivity contribution in [3.63, 3.8) is 0 Å². The number of hydrogen-bond acceptors (Lipinski definition) is 4. The first kappa shape index (κ1) is 14.7. The highest BCUT2D eigenvalue weighted by molar-refractivity contribution is 5.96. The molecule has 1 heterocycles. The van der Waals surface area contributed by atoms with Crippen molar-refractivity contribution < 1.29 is 9.53 Å². The van der Waals surface area contributed by atoms with Crippen LogP contribution in [0, 0.1) is 5.92 Å². The molecule has 1 amide bonds. The van der Waals surface area contributed by atoms with Crippen LogP contribution in [0.4, 0.5) is 11.4 Å². The average Bonchev–Trinajstić information content (AvgIpc) is 2.47. The Morgan fingerprint density at radius 1 is 1.55 bits per heavy atom. The summed E-state index contributed by atoms with van der Waals surface area (Å²) >= 11 is 0. The maximum atomic E-state index is 11.6. The van der Waals surface area contributed by atoms with Crippen molar-refractivity contribution in [1.29, 1.82) is 0 Å². The summed E-state index contributed by atoms with van der Waals surface area (Å²) in [5, 5.41) is 2.61. The molecule has 0 bridgehead atoms. The predicted octanol–water partition coefficient (Wildman–Crippen LogP) is 1.49. The minimum atomic E-state index is -0.112. The van der Waals surface area contributed by atoms with Gasteiger partial charge in [0, 0.05) is 32.8 Å². The monoisotopic (exact) mass is 277 g/mol. The van der Waals surface area contributed by atoms with Crippen LogP contribution >= 0.6 is 0 Å². The van der Waals surface area contributed by atoms with Gasteiger partial charge in [0.25, 0.3) is 5.91 Å². The molecular weight excluding hydrogens is 254 g/mol. The lowest BCUT2D eigenvalue weighted by Crippen LogP contribution is -2.37. The Hall–Kier alpha value is -1.75. The number of nitrogens with zero attached hydrogens (tertiary/aromatic N) is 1. The van der Waals surface area contributed by atoms with Crippen LogP contribution in [0.5, 0.6) is 0 Å². The second kappa shape index (κ2) is 6.61. The van der Waals surface area contributed by atoms with Gasteiger partial charge in [-0.3, -0.25) is 4.79 Å². The predicted molar refractivity (Wildman–Crippen MR) is 81.1 cm³/mol. The van der Waals surface area contributed by atoms with Crippen molar-refractivity contribution in [1.82, 2.24) is 5.32 Å². The SMILES string of the molecule is CNC(=O)c1ccc(N2CCCC(COC)C2)c(N)c1. The number of amides is 1. The molecule has 3 N–H and O–H groups in total. The number of nitrogen functional groups attached to an aromatic ring is 1. The van der Waals surface area contributed by atoms with E-state index in [0.717, 1.165) is 31.8 Å². The fourth-order valence-corrected chi connectivity index (χ4v) is 2.78. The zero-order valence-corrected chi connectivity index (χ0v) is 12.2. The van der Waals surface area contributed by atoms with E-state index in [0.29, 0.717) is 17.2 Å². The Balaban J connectivity index is 2.14. The first-order chi connectivity index (χ1) is 9.65. The van der Waals surface area contributed by atoms with Crippen LogP contribution in [0.3, 0.4) is 0 Å². The van der Waals surface area contributed by atoms with Crippen LogP contribution in [-0.2, 0) is 4.74 Å². The van der Waals surface area contributed by atoms with Gasteiger partial charge in [0.15, 0.2) is 0 Å². The van der Waals surface area contributed by atoms with Crippen molar-refractivity contribution in [3.8, 4) is 0 Å². The molecule has 0 spiro atoms. The molecule has 1 aliphatic rings. The standard InChI is InChI=1S/C15H23N3O2/c1-17-15(19)12-5-6-14(13(16)8-12)18-7-3-4-11(9-18)10-20-2/h5-6,8,11H,3-4,7,9-10,16H2,1-2H3,(H,17,19). The highest BCUT2D eigenvalue weighted by Gasteiger charge is 2.21. The lowest BCUT2D eigenvalue weighted by Gasteiger charge is -2.34. The summed E-state index contributed by atoms with van der Waals surface area (Å²) in [7, 11) is 3.36. The van der Waals surface area contributed by atoms with E-state index in [2.05, 4.69) is 10.2 Å². The Morgan fingerprint density at radius 2 is 2.35 bits per heavy atom. The van der Waals surface area contributed by atoms with Crippen LogP contribution in [0.2, 0.25) is 0 Å². The highest BCUT2D eigenvalue weighted by Crippen LogP contribution is 2.29. The van der Waals surface area contributed by atoms with Gasteiger partial charge < -0.3 is 20.7 Å². The molecule has 1 aliphatic heterocycles. The second-order valence-corrected chi connectivity index (χ2v) is 5.26. The number of carbonyl (C=O) groups excluding carboxylic acids is 1. The van der Waals surface area contributed by atoms with E-state index < -0.39 is 0 Å². The Labute approximate surface area is 120 Å². The minimum absolute atomic E-state index is 0.112. The van der Waals surface area contributed by atoms with Gasteiger partial charge in [-0.15, -0.1) is 0 Å². The van der Waals surface area contributed by atoms with Crippen molar-refractivity contribution >= 4 is 17.3 Å². The Kier molecular flexibility index (Phi) is 4.84. The minimum Gasteiger partial charge on any atom is -0.397 e. The topological polar surface area (TPSA) is 67.6 Å². The molecule has 1 aromatic rings. The molecule has 1 atom stereocenters. The van der Waals surface area contributed by atoms with Crippen LogP contribution < -0.4 is 16.0 Å². The smallest absolute Gasteiger partial charge is 0.251 e. The van der Waals surface area contributed by atoms with E-state index in [-0.39, 0.29) is 5.91 Å². The lowest BCUT2D eigenvalue weighted by molar-refractivity contribution is 0.0963. The van der Waals surface area contributed by atoms with Crippen LogP contribution in [0.1, 0.15) is 23.2 Å². The Morgan fingerprint density at radius 3 is 3.00 bits per heavy atom. The molecular formula is C15H23N3O2. The van der Waals surface area contributed by atoms with Crippen molar-refractivity contribution in [2.75, 3.05) is 44.5 Å². The molecule has 5 heteroatoms. The number of piperidine rings is 1. The van der Waals surface area contributed by atoms with E-state index in [9.17, 15) is 4.79 Å². The van der Waals surface area contributed by atoms with Crippen LogP contribution in [0.25, 0.3) is 0 Å². The normalized spacial score (nSPS) is 18.9. The quantitative estimate of drug-likeness (QED) is 0.818. The van der Waals surface area contributed by atoms with E-state index in [4.69, 9.17) is 10.5 Å². The van der Waals surface area contributed by atoms with Crippen LogP contribution in [-0.4, -0.2) is 39.8 Å². The number of carbonyl (C=O) groups is 1. The molecule has 0 aromatic heterocycles. The third-order valence-corrected chi connectivity index (χ3v) is 3.78. The third-order valence-electron chi connectivity index (χ3n) is 3.78. The molecule has 0 saturated carbocycles. The number of rotatable bonds is 4. The first-order valence-corrected chi connectivity index (χ1v) is 7.01. The van der Waals surface area contributed by atoms with Gasteiger partial charge in [0.2, 0.25) is 0 Å². The van der Waals surface area contributed by atoms with Crippen molar-refractivity contribution in [2.24, 2.45) is 5.92 Å². The summed E-state index contributed by atoms with van der Waals surface area (Å²) in [4.78, 5) is 13.9. The maximum Gasteiger partial charge on any atom is 0.251 e. The largest absolute Gasteiger partial charge is 0.397 e. The fourth-order valence-electron chi connectivity index (χ4n) is 2.78. The molecule has 2 rings (SSSR count). The lowest BCUT2D eigenvalue weighted by atomic mass is 9.98. The van der Waals surface area contributed by atoms with Gasteiger partial charge in [-0.05, 0) is 37.0 Å². The van der Waals surface area contributed by atoms with Gasteiger partial charge in [0.05, 0.1) is 18.0 Å². The molecule has 1 aromatic carbocycles. The summed E-state index contributed by atoms with van der Waals surface area (Å²) in [5.74, 6) is 0.436. The molecule has 1 fully saturated rings. The maximum absolute atomic E-state index is 11.6. The van der Waals surface area contributed by atoms with Gasteiger partial charge in [-0.1, -0.05) is 0 Å². The fraction of sp³-hybridized carbons (Fsp3) is 0.533. The summed E-state index contributed by atoms with van der Waals surface area (Å²) in [6, 6.07) is 5.51. The number of anilines is 2. The van der Waals surface area contributed by atoms with E-state index in [1.165, 1.54) is 6.42 Å². The van der Waals surface area contributed by atoms with Crippen molar-refractivity contribution in [3.05, 3.63) is 23.8 Å². The number of methoxy groups -OCH3 is 1. The van der Waals surface area contributed by atoms with Gasteiger partial charge in [-0.25, -0.2) is 0 Å². The number of benzene rings is 1.